The van der Waals surface area contributed by atoms with Crippen LogP contribution in [-0.4, -0.2) is 29.2 Å². The molecular formula is C12H18BN3O3. The molecule has 0 spiro atoms. The Morgan fingerprint density at radius 2 is 1.79 bits per heavy atom. The maximum absolute atomic E-state index is 11.3. The normalized spacial score (nSPS) is 20.5. The number of anilines is 1. The topological polar surface area (TPSA) is 100 Å². The number of carbonyl (C=O) groups excluding carboxylic acids is 1. The average Bonchev–Trinajstić information content (AvgIpc) is 2.48. The largest absolute Gasteiger partial charge is 0.496 e. The molecule has 0 aromatic carbocycles. The molecule has 2 heterocycles. The van der Waals surface area contributed by atoms with E-state index in [1.807, 2.05) is 27.7 Å². The lowest BCUT2D eigenvalue weighted by molar-refractivity contribution is 0.00578. The minimum Gasteiger partial charge on any atom is -0.399 e. The maximum atomic E-state index is 11.3. The molecule has 0 aliphatic carbocycles. The van der Waals surface area contributed by atoms with Gasteiger partial charge in [-0.3, -0.25) is 4.79 Å². The fraction of sp³-hybridized carbons (Fsp3) is 0.500. The third kappa shape index (κ3) is 2.31. The highest BCUT2D eigenvalue weighted by Gasteiger charge is 2.51. The number of aromatic nitrogens is 1. The molecule has 0 bridgehead atoms. The van der Waals surface area contributed by atoms with Gasteiger partial charge in [0.15, 0.2) is 0 Å². The van der Waals surface area contributed by atoms with Crippen molar-refractivity contribution < 1.29 is 14.1 Å². The van der Waals surface area contributed by atoms with E-state index in [0.717, 1.165) is 0 Å². The van der Waals surface area contributed by atoms with Crippen molar-refractivity contribution in [2.75, 3.05) is 5.73 Å². The summed E-state index contributed by atoms with van der Waals surface area (Å²) in [6.07, 6.45) is 1.53. The van der Waals surface area contributed by atoms with Crippen LogP contribution in [0.3, 0.4) is 0 Å². The van der Waals surface area contributed by atoms with Gasteiger partial charge in [-0.25, -0.2) is 4.98 Å². The highest BCUT2D eigenvalue weighted by molar-refractivity contribution is 6.62. The van der Waals surface area contributed by atoms with Crippen LogP contribution in [0.4, 0.5) is 5.82 Å². The van der Waals surface area contributed by atoms with Crippen LogP contribution in [0.5, 0.6) is 0 Å². The molecule has 7 heteroatoms. The molecule has 0 radical (unpaired) electrons. The molecular weight excluding hydrogens is 245 g/mol. The Labute approximate surface area is 112 Å². The standard InChI is InChI=1S/C12H18BN3O3/c1-11(2)12(3,4)19-13(18-11)7-5-8(10(15)17)9(14)16-6-7/h5-6H,1-4H3,(H2,14,16)(H2,15,17). The zero-order valence-corrected chi connectivity index (χ0v) is 11.6. The molecule has 1 aliphatic heterocycles. The molecule has 1 aliphatic rings. The van der Waals surface area contributed by atoms with Crippen LogP contribution in [0.25, 0.3) is 0 Å². The zero-order valence-electron chi connectivity index (χ0n) is 11.6. The highest BCUT2D eigenvalue weighted by Crippen LogP contribution is 2.36. The highest BCUT2D eigenvalue weighted by atomic mass is 16.7. The Hall–Kier alpha value is -1.60. The number of primary amides is 1. The average molecular weight is 263 g/mol. The summed E-state index contributed by atoms with van der Waals surface area (Å²) in [7, 11) is -0.587. The van der Waals surface area contributed by atoms with Crippen molar-refractivity contribution in [1.82, 2.24) is 4.98 Å². The second kappa shape index (κ2) is 4.21. The summed E-state index contributed by atoms with van der Waals surface area (Å²) >= 11 is 0. The van der Waals surface area contributed by atoms with Crippen molar-refractivity contribution in [3.8, 4) is 0 Å². The predicted octanol–water partition coefficient (Wildman–Crippen LogP) is 0.0619. The molecule has 6 nitrogen and oxygen atoms in total. The van der Waals surface area contributed by atoms with Crippen molar-refractivity contribution >= 4 is 24.3 Å². The second-order valence-electron chi connectivity index (χ2n) is 5.65. The van der Waals surface area contributed by atoms with Gasteiger partial charge in [-0.1, -0.05) is 0 Å². The number of amides is 1. The molecule has 1 amide bonds. The van der Waals surface area contributed by atoms with E-state index >= 15 is 0 Å². The fourth-order valence-corrected chi connectivity index (χ4v) is 1.80. The first-order valence-electron chi connectivity index (χ1n) is 6.05. The maximum Gasteiger partial charge on any atom is 0.496 e. The van der Waals surface area contributed by atoms with Crippen molar-refractivity contribution in [1.29, 1.82) is 0 Å². The number of carbonyl (C=O) groups is 1. The van der Waals surface area contributed by atoms with Gasteiger partial charge < -0.3 is 20.8 Å². The molecule has 1 aromatic rings. The summed E-state index contributed by atoms with van der Waals surface area (Å²) in [5.74, 6) is -0.517. The van der Waals surface area contributed by atoms with E-state index < -0.39 is 24.2 Å². The third-order valence-electron chi connectivity index (χ3n) is 3.73. The van der Waals surface area contributed by atoms with Crippen molar-refractivity contribution in [3.63, 3.8) is 0 Å². The summed E-state index contributed by atoms with van der Waals surface area (Å²) in [5.41, 5.74) is 10.7. The van der Waals surface area contributed by atoms with Crippen LogP contribution in [0, 0.1) is 0 Å². The van der Waals surface area contributed by atoms with Gasteiger partial charge in [-0.05, 0) is 33.8 Å². The van der Waals surface area contributed by atoms with Gasteiger partial charge in [0.05, 0.1) is 16.8 Å². The van der Waals surface area contributed by atoms with Crippen molar-refractivity contribution in [3.05, 3.63) is 17.8 Å². The lowest BCUT2D eigenvalue weighted by Crippen LogP contribution is -2.41. The van der Waals surface area contributed by atoms with Crippen LogP contribution >= 0.6 is 0 Å². The first-order valence-corrected chi connectivity index (χ1v) is 6.05. The van der Waals surface area contributed by atoms with Crippen LogP contribution < -0.4 is 16.9 Å². The summed E-state index contributed by atoms with van der Waals surface area (Å²) in [4.78, 5) is 15.2. The van der Waals surface area contributed by atoms with Crippen molar-refractivity contribution in [2.45, 2.75) is 38.9 Å². The minimum atomic E-state index is -0.622. The molecule has 1 fully saturated rings. The molecule has 4 N–H and O–H groups in total. The van der Waals surface area contributed by atoms with E-state index in [0.29, 0.717) is 5.46 Å². The van der Waals surface area contributed by atoms with Gasteiger partial charge in [-0.2, -0.15) is 0 Å². The third-order valence-corrected chi connectivity index (χ3v) is 3.73. The first kappa shape index (κ1) is 13.8. The molecule has 2 rings (SSSR count). The number of pyridine rings is 1. The zero-order chi connectivity index (χ0) is 14.4. The van der Waals surface area contributed by atoms with E-state index in [-0.39, 0.29) is 11.4 Å². The number of nitrogen functional groups attached to an aromatic ring is 1. The van der Waals surface area contributed by atoms with E-state index in [9.17, 15) is 4.79 Å². The number of hydrogen-bond acceptors (Lipinski definition) is 5. The van der Waals surface area contributed by atoms with E-state index in [1.165, 1.54) is 6.20 Å². The van der Waals surface area contributed by atoms with Crippen LogP contribution in [0.2, 0.25) is 0 Å². The Bertz CT molecular complexity index is 515. The predicted molar refractivity (Wildman–Crippen MR) is 72.9 cm³/mol. The van der Waals surface area contributed by atoms with E-state index in [1.54, 1.807) is 6.07 Å². The monoisotopic (exact) mass is 263 g/mol. The Balaban J connectivity index is 2.35. The molecule has 1 saturated heterocycles. The number of hydrogen-bond donors (Lipinski definition) is 2. The Kier molecular flexibility index (Phi) is 3.06. The Morgan fingerprint density at radius 1 is 1.26 bits per heavy atom. The van der Waals surface area contributed by atoms with Crippen LogP contribution in [0.1, 0.15) is 38.1 Å². The molecule has 102 valence electrons. The smallest absolute Gasteiger partial charge is 0.399 e. The van der Waals surface area contributed by atoms with Crippen molar-refractivity contribution in [2.24, 2.45) is 5.73 Å². The Morgan fingerprint density at radius 3 is 2.26 bits per heavy atom. The van der Waals surface area contributed by atoms with Crippen LogP contribution in [0.15, 0.2) is 12.3 Å². The number of nitrogens with two attached hydrogens (primary N) is 2. The van der Waals surface area contributed by atoms with Gasteiger partial charge in [0.25, 0.3) is 5.91 Å². The van der Waals surface area contributed by atoms with Gasteiger partial charge in [0.1, 0.15) is 5.82 Å². The SMILES string of the molecule is CC1(C)OB(c2cnc(N)c(C(N)=O)c2)OC1(C)C. The molecule has 0 atom stereocenters. The second-order valence-corrected chi connectivity index (χ2v) is 5.65. The van der Waals surface area contributed by atoms with Crippen LogP contribution in [-0.2, 0) is 9.31 Å². The van der Waals surface area contributed by atoms with Gasteiger partial charge in [0, 0.05) is 11.7 Å². The first-order chi connectivity index (χ1) is 8.64. The quantitative estimate of drug-likeness (QED) is 0.735. The summed E-state index contributed by atoms with van der Waals surface area (Å²) in [5, 5.41) is 0. The van der Waals surface area contributed by atoms with Gasteiger partial charge >= 0.3 is 7.12 Å². The van der Waals surface area contributed by atoms with Gasteiger partial charge in [-0.15, -0.1) is 0 Å². The summed E-state index contributed by atoms with van der Waals surface area (Å²) < 4.78 is 11.7. The van der Waals surface area contributed by atoms with Gasteiger partial charge in [0.2, 0.25) is 0 Å². The number of rotatable bonds is 2. The summed E-state index contributed by atoms with van der Waals surface area (Å²) in [6.45, 7) is 7.80. The molecule has 19 heavy (non-hydrogen) atoms. The minimum absolute atomic E-state index is 0.104. The number of nitrogens with zero attached hydrogens (tertiary/aromatic N) is 1. The lowest BCUT2D eigenvalue weighted by atomic mass is 9.79. The molecule has 0 unspecified atom stereocenters. The fourth-order valence-electron chi connectivity index (χ4n) is 1.80. The van der Waals surface area contributed by atoms with E-state index in [2.05, 4.69) is 4.98 Å². The lowest BCUT2D eigenvalue weighted by Gasteiger charge is -2.32. The molecule has 0 saturated carbocycles. The molecule has 1 aromatic heterocycles. The summed E-state index contributed by atoms with van der Waals surface area (Å²) in [6, 6.07) is 1.56. The van der Waals surface area contributed by atoms with E-state index in [4.69, 9.17) is 20.8 Å².